The van der Waals surface area contributed by atoms with Gasteiger partial charge in [0.05, 0.1) is 11.8 Å². The highest BCUT2D eigenvalue weighted by Gasteiger charge is 2.30. The number of hydrogen-bond acceptors (Lipinski definition) is 7. The fourth-order valence-corrected chi connectivity index (χ4v) is 4.06. The van der Waals surface area contributed by atoms with Gasteiger partial charge >= 0.3 is 0 Å². The van der Waals surface area contributed by atoms with Crippen molar-refractivity contribution in [3.63, 3.8) is 0 Å². The van der Waals surface area contributed by atoms with Crippen LogP contribution in [0.3, 0.4) is 0 Å². The molecule has 1 aliphatic carbocycles. The molecule has 3 rings (SSSR count). The smallest absolute Gasteiger partial charge is 0.191 e. The summed E-state index contributed by atoms with van der Waals surface area (Å²) in [6.45, 7) is 1.49. The van der Waals surface area contributed by atoms with E-state index >= 15 is 0 Å². The number of rotatable bonds is 8. The molecular weight excluding hydrogens is 342 g/mol. The lowest BCUT2D eigenvalue weighted by Crippen LogP contribution is -2.21. The van der Waals surface area contributed by atoms with Gasteiger partial charge in [-0.2, -0.15) is 5.26 Å². The van der Waals surface area contributed by atoms with E-state index in [9.17, 15) is 4.79 Å². The zero-order valence-corrected chi connectivity index (χ0v) is 14.9. The third-order valence-electron chi connectivity index (χ3n) is 3.79. The van der Waals surface area contributed by atoms with Crippen LogP contribution in [0.4, 0.5) is 0 Å². The van der Waals surface area contributed by atoms with Crippen molar-refractivity contribution in [1.29, 1.82) is 10.7 Å². The lowest BCUT2D eigenvalue weighted by molar-refractivity contribution is -0.117. The molecule has 1 atom stereocenters. The number of aromatic nitrogens is 3. The van der Waals surface area contributed by atoms with Gasteiger partial charge in [0.1, 0.15) is 11.7 Å². The molecule has 1 fully saturated rings. The molecule has 8 heteroatoms. The standard InChI is InChI=1S/C16H17N5OS2/c1-10(18)13(8-17)14(22)9-24-16-20-19-15(21(16)11-4-5-11)7-12-3-2-6-23-12/h2-3,6,11,13,18H,4-5,7,9H2,1H3. The van der Waals surface area contributed by atoms with Crippen LogP contribution in [-0.4, -0.2) is 32.0 Å². The Morgan fingerprint density at radius 3 is 2.96 bits per heavy atom. The lowest BCUT2D eigenvalue weighted by Gasteiger charge is -2.09. The van der Waals surface area contributed by atoms with E-state index < -0.39 is 5.92 Å². The number of ketones is 1. The number of carbonyl (C=O) groups is 1. The highest BCUT2D eigenvalue weighted by Crippen LogP contribution is 2.39. The molecule has 2 aromatic rings. The van der Waals surface area contributed by atoms with Crippen molar-refractivity contribution in [2.24, 2.45) is 5.92 Å². The van der Waals surface area contributed by atoms with Gasteiger partial charge < -0.3 is 9.98 Å². The highest BCUT2D eigenvalue weighted by atomic mass is 32.2. The summed E-state index contributed by atoms with van der Waals surface area (Å²) in [4.78, 5) is 13.3. The first kappa shape index (κ1) is 16.9. The van der Waals surface area contributed by atoms with Gasteiger partial charge in [-0.3, -0.25) is 4.79 Å². The van der Waals surface area contributed by atoms with E-state index in [1.807, 2.05) is 17.5 Å². The third-order valence-corrected chi connectivity index (χ3v) is 5.63. The fourth-order valence-electron chi connectivity index (χ4n) is 2.42. The first-order valence-electron chi connectivity index (χ1n) is 7.66. The molecule has 0 bridgehead atoms. The van der Waals surface area contributed by atoms with Gasteiger partial charge in [0.2, 0.25) is 0 Å². The third kappa shape index (κ3) is 3.74. The van der Waals surface area contributed by atoms with Crippen molar-refractivity contribution < 1.29 is 4.79 Å². The van der Waals surface area contributed by atoms with E-state index in [1.165, 1.54) is 23.6 Å². The Morgan fingerprint density at radius 2 is 2.38 bits per heavy atom. The molecule has 1 unspecified atom stereocenters. The maximum atomic E-state index is 12.1. The molecule has 1 saturated carbocycles. The summed E-state index contributed by atoms with van der Waals surface area (Å²) in [5, 5.41) is 27.9. The van der Waals surface area contributed by atoms with Crippen LogP contribution in [0, 0.1) is 22.7 Å². The van der Waals surface area contributed by atoms with E-state index in [2.05, 4.69) is 20.8 Å². The van der Waals surface area contributed by atoms with Crippen LogP contribution in [0.25, 0.3) is 0 Å². The van der Waals surface area contributed by atoms with Crippen molar-refractivity contribution in [1.82, 2.24) is 14.8 Å². The maximum absolute atomic E-state index is 12.1. The lowest BCUT2D eigenvalue weighted by atomic mass is 10.0. The van der Waals surface area contributed by atoms with Crippen LogP contribution in [0.15, 0.2) is 22.7 Å². The summed E-state index contributed by atoms with van der Waals surface area (Å²) in [6.07, 6.45) is 2.96. The van der Waals surface area contributed by atoms with Gasteiger partial charge in [0.25, 0.3) is 0 Å². The SMILES string of the molecule is CC(=N)C(C#N)C(=O)CSc1nnc(Cc2cccs2)n1C1CC1. The molecule has 2 heterocycles. The van der Waals surface area contributed by atoms with Crippen LogP contribution >= 0.6 is 23.1 Å². The first-order chi connectivity index (χ1) is 11.6. The van der Waals surface area contributed by atoms with Gasteiger partial charge in [0.15, 0.2) is 10.9 Å². The van der Waals surface area contributed by atoms with Crippen LogP contribution < -0.4 is 0 Å². The van der Waals surface area contributed by atoms with Crippen LogP contribution in [0.1, 0.15) is 36.5 Å². The van der Waals surface area contributed by atoms with Crippen molar-refractivity contribution in [3.8, 4) is 6.07 Å². The Kier molecular flexibility index (Phi) is 5.11. The molecule has 0 aliphatic heterocycles. The van der Waals surface area contributed by atoms with Crippen molar-refractivity contribution in [2.75, 3.05) is 5.75 Å². The number of nitrogens with zero attached hydrogens (tertiary/aromatic N) is 4. The minimum absolute atomic E-state index is 0.0881. The summed E-state index contributed by atoms with van der Waals surface area (Å²) < 4.78 is 2.14. The van der Waals surface area contributed by atoms with E-state index in [-0.39, 0.29) is 17.2 Å². The number of nitriles is 1. The van der Waals surface area contributed by atoms with Crippen molar-refractivity contribution in [2.45, 2.75) is 37.4 Å². The predicted molar refractivity (Wildman–Crippen MR) is 93.7 cm³/mol. The molecule has 6 nitrogen and oxygen atoms in total. The molecule has 0 aromatic carbocycles. The Bertz CT molecular complexity index is 786. The number of thioether (sulfide) groups is 1. The van der Waals surface area contributed by atoms with Gasteiger partial charge in [-0.15, -0.1) is 21.5 Å². The van der Waals surface area contributed by atoms with E-state index in [0.29, 0.717) is 6.04 Å². The Morgan fingerprint density at radius 1 is 1.58 bits per heavy atom. The zero-order chi connectivity index (χ0) is 17.1. The normalized spacial score (nSPS) is 15.0. The van der Waals surface area contributed by atoms with E-state index in [1.54, 1.807) is 11.3 Å². The van der Waals surface area contributed by atoms with Gasteiger partial charge in [-0.25, -0.2) is 0 Å². The molecule has 124 valence electrons. The monoisotopic (exact) mass is 359 g/mol. The Balaban J connectivity index is 1.72. The highest BCUT2D eigenvalue weighted by molar-refractivity contribution is 7.99. The number of hydrogen-bond donors (Lipinski definition) is 1. The Hall–Kier alpha value is -1.98. The average molecular weight is 359 g/mol. The zero-order valence-electron chi connectivity index (χ0n) is 13.2. The van der Waals surface area contributed by atoms with Crippen LogP contribution in [0.5, 0.6) is 0 Å². The summed E-state index contributed by atoms with van der Waals surface area (Å²) >= 11 is 3.01. The van der Waals surface area contributed by atoms with Crippen LogP contribution in [-0.2, 0) is 11.2 Å². The topological polar surface area (TPSA) is 95.4 Å². The second kappa shape index (κ2) is 7.28. The van der Waals surface area contributed by atoms with Crippen LogP contribution in [0.2, 0.25) is 0 Å². The average Bonchev–Trinajstić information content (AvgIpc) is 3.10. The maximum Gasteiger partial charge on any atom is 0.191 e. The second-order valence-corrected chi connectivity index (χ2v) is 7.73. The minimum atomic E-state index is -0.958. The molecule has 0 spiro atoms. The van der Waals surface area contributed by atoms with E-state index in [0.717, 1.165) is 30.2 Å². The molecule has 1 N–H and O–H groups in total. The molecule has 1 aliphatic rings. The number of carbonyl (C=O) groups excluding carboxylic acids is 1. The second-order valence-electron chi connectivity index (χ2n) is 5.76. The van der Waals surface area contributed by atoms with Crippen molar-refractivity contribution >= 4 is 34.6 Å². The summed E-state index contributed by atoms with van der Waals surface area (Å²) in [7, 11) is 0. The molecule has 0 saturated heterocycles. The largest absolute Gasteiger partial charge is 0.308 e. The molecule has 0 radical (unpaired) electrons. The van der Waals surface area contributed by atoms with Crippen molar-refractivity contribution in [3.05, 3.63) is 28.2 Å². The molecular formula is C16H17N5OS2. The first-order valence-corrected chi connectivity index (χ1v) is 9.53. The fraction of sp³-hybridized carbons (Fsp3) is 0.438. The molecule has 24 heavy (non-hydrogen) atoms. The summed E-state index contributed by atoms with van der Waals surface area (Å²) in [6, 6.07) is 6.42. The van der Waals surface area contributed by atoms with Gasteiger partial charge in [0, 0.05) is 23.1 Å². The molecule has 0 amide bonds. The van der Waals surface area contributed by atoms with E-state index in [4.69, 9.17) is 10.7 Å². The quantitative estimate of drug-likeness (QED) is 0.577. The number of thiophene rings is 1. The predicted octanol–water partition coefficient (Wildman–Crippen LogP) is 3.11. The number of Topliss-reactive ketones (excluding diaryl/α,β-unsaturated/α-hetero) is 1. The minimum Gasteiger partial charge on any atom is -0.308 e. The molecule has 2 aromatic heterocycles. The Labute approximate surface area is 148 Å². The summed E-state index contributed by atoms with van der Waals surface area (Å²) in [5.74, 6) is -0.145. The number of nitrogens with one attached hydrogen (secondary N) is 1. The summed E-state index contributed by atoms with van der Waals surface area (Å²) in [5.41, 5.74) is 0.0881. The van der Waals surface area contributed by atoms with Gasteiger partial charge in [-0.1, -0.05) is 17.8 Å². The van der Waals surface area contributed by atoms with Gasteiger partial charge in [-0.05, 0) is 31.2 Å².